The van der Waals surface area contributed by atoms with Crippen LogP contribution in [-0.4, -0.2) is 63.1 Å². The molecule has 0 unspecified atom stereocenters. The molecule has 5 nitrogen and oxygen atoms in total. The second-order valence-corrected chi connectivity index (χ2v) is 9.01. The molecular formula is C16H23BrN2O3S. The molecule has 2 rings (SSSR count). The van der Waals surface area contributed by atoms with Gasteiger partial charge in [-0.25, -0.2) is 8.42 Å². The number of nitrogens with zero attached hydrogens (tertiary/aromatic N) is 2. The van der Waals surface area contributed by atoms with Gasteiger partial charge in [-0.1, -0.05) is 28.1 Å². The Balaban J connectivity index is 1.84. The Kier molecular flexibility index (Phi) is 6.61. The van der Waals surface area contributed by atoms with Crippen LogP contribution in [0.5, 0.6) is 0 Å². The Morgan fingerprint density at radius 2 is 2.00 bits per heavy atom. The number of halogens is 1. The second kappa shape index (κ2) is 8.26. The van der Waals surface area contributed by atoms with Crippen LogP contribution in [0.3, 0.4) is 0 Å². The zero-order valence-corrected chi connectivity index (χ0v) is 15.8. The minimum atomic E-state index is -3.46. The van der Waals surface area contributed by atoms with Crippen molar-refractivity contribution in [3.8, 4) is 0 Å². The number of benzene rings is 1. The van der Waals surface area contributed by atoms with Crippen molar-refractivity contribution >= 4 is 31.7 Å². The van der Waals surface area contributed by atoms with E-state index in [2.05, 4.69) is 20.8 Å². The molecule has 1 aromatic carbocycles. The zero-order valence-electron chi connectivity index (χ0n) is 13.4. The third-order valence-electron chi connectivity index (χ3n) is 4.00. The molecule has 1 heterocycles. The number of carbonyl (C=O) groups is 1. The van der Waals surface area contributed by atoms with Crippen LogP contribution in [0, 0.1) is 0 Å². The quantitative estimate of drug-likeness (QED) is 0.698. The average Bonchev–Trinajstić information content (AvgIpc) is 2.96. The second-order valence-electron chi connectivity index (χ2n) is 6.03. The van der Waals surface area contributed by atoms with Crippen molar-refractivity contribution in [1.29, 1.82) is 0 Å². The maximum absolute atomic E-state index is 12.2. The molecule has 128 valence electrons. The number of amides is 1. The fraction of sp³-hybridized carbons (Fsp3) is 0.562. The molecule has 0 N–H and O–H groups in total. The summed E-state index contributed by atoms with van der Waals surface area (Å²) in [4.78, 5) is 16.0. The molecule has 1 aliphatic rings. The van der Waals surface area contributed by atoms with Crippen LogP contribution >= 0.6 is 15.9 Å². The molecular weight excluding hydrogens is 380 g/mol. The highest BCUT2D eigenvalue weighted by Gasteiger charge is 2.21. The lowest BCUT2D eigenvalue weighted by Gasteiger charge is -2.21. The number of hydrogen-bond acceptors (Lipinski definition) is 4. The van der Waals surface area contributed by atoms with Crippen LogP contribution < -0.4 is 0 Å². The Labute approximate surface area is 146 Å². The normalized spacial score (nSPS) is 15.7. The minimum absolute atomic E-state index is 0.113. The fourth-order valence-electron chi connectivity index (χ4n) is 2.65. The number of rotatable bonds is 7. The number of carbonyl (C=O) groups excluding carboxylic acids is 1. The topological polar surface area (TPSA) is 57.7 Å². The van der Waals surface area contributed by atoms with Crippen LogP contribution in [0.25, 0.3) is 0 Å². The predicted molar refractivity (Wildman–Crippen MR) is 94.9 cm³/mol. The molecule has 0 radical (unpaired) electrons. The largest absolute Gasteiger partial charge is 0.344 e. The van der Waals surface area contributed by atoms with Gasteiger partial charge >= 0.3 is 0 Å². The van der Waals surface area contributed by atoms with Crippen molar-refractivity contribution in [2.24, 2.45) is 0 Å². The summed E-state index contributed by atoms with van der Waals surface area (Å²) in [7, 11) is -1.78. The molecule has 0 atom stereocenters. The minimum Gasteiger partial charge on any atom is -0.344 e. The zero-order chi connectivity index (χ0) is 16.9. The van der Waals surface area contributed by atoms with Crippen molar-refractivity contribution in [3.05, 3.63) is 34.3 Å². The summed E-state index contributed by atoms with van der Waals surface area (Å²) in [6.07, 6.45) is 2.41. The van der Waals surface area contributed by atoms with E-state index in [0.29, 0.717) is 12.1 Å². The summed E-state index contributed by atoms with van der Waals surface area (Å²) in [5.41, 5.74) is 0.687. The van der Waals surface area contributed by atoms with Crippen LogP contribution in [0.15, 0.2) is 28.7 Å². The Morgan fingerprint density at radius 3 is 2.65 bits per heavy atom. The van der Waals surface area contributed by atoms with Crippen molar-refractivity contribution < 1.29 is 13.2 Å². The Hall–Kier alpha value is -0.920. The van der Waals surface area contributed by atoms with Crippen molar-refractivity contribution in [3.63, 3.8) is 0 Å². The third kappa shape index (κ3) is 6.24. The number of likely N-dealkylation sites (tertiary alicyclic amines) is 1. The van der Waals surface area contributed by atoms with Crippen molar-refractivity contribution in [1.82, 2.24) is 9.80 Å². The maximum atomic E-state index is 12.2. The molecule has 0 aliphatic carbocycles. The first-order chi connectivity index (χ1) is 10.9. The molecule has 0 aromatic heterocycles. The molecule has 1 saturated heterocycles. The van der Waals surface area contributed by atoms with Crippen molar-refractivity contribution in [2.75, 3.05) is 39.0 Å². The van der Waals surface area contributed by atoms with Gasteiger partial charge in [0.05, 0.1) is 5.75 Å². The summed E-state index contributed by atoms with van der Waals surface area (Å²) in [5.74, 6) is -0.882. The van der Waals surface area contributed by atoms with Crippen LogP contribution in [0.4, 0.5) is 0 Å². The summed E-state index contributed by atoms with van der Waals surface area (Å²) in [6, 6.07) is 7.15. The summed E-state index contributed by atoms with van der Waals surface area (Å²) >= 11 is 3.32. The first-order valence-corrected chi connectivity index (χ1v) is 10.4. The monoisotopic (exact) mass is 402 g/mol. The van der Waals surface area contributed by atoms with Gasteiger partial charge in [-0.05, 0) is 43.6 Å². The Bertz CT molecular complexity index is 642. The van der Waals surface area contributed by atoms with E-state index in [1.165, 1.54) is 17.7 Å². The highest BCUT2D eigenvalue weighted by molar-refractivity contribution is 9.10. The van der Waals surface area contributed by atoms with Crippen molar-refractivity contribution in [2.45, 2.75) is 18.6 Å². The summed E-state index contributed by atoms with van der Waals surface area (Å²) in [6.45, 7) is 3.53. The van der Waals surface area contributed by atoms with Gasteiger partial charge in [0.15, 0.2) is 9.84 Å². The van der Waals surface area contributed by atoms with E-state index in [0.717, 1.165) is 24.1 Å². The van der Waals surface area contributed by atoms with E-state index in [9.17, 15) is 13.2 Å². The molecule has 0 saturated carbocycles. The van der Waals surface area contributed by atoms with E-state index in [1.807, 2.05) is 6.07 Å². The molecule has 1 aromatic rings. The predicted octanol–water partition coefficient (Wildman–Crippen LogP) is 1.92. The number of hydrogen-bond donors (Lipinski definition) is 0. The van der Waals surface area contributed by atoms with Crippen LogP contribution in [-0.2, 0) is 20.4 Å². The fourth-order valence-corrected chi connectivity index (χ4v) is 4.49. The van der Waals surface area contributed by atoms with Gasteiger partial charge in [-0.2, -0.15) is 0 Å². The third-order valence-corrected chi connectivity index (χ3v) is 5.95. The lowest BCUT2D eigenvalue weighted by atomic mass is 10.2. The van der Waals surface area contributed by atoms with Gasteiger partial charge in [-0.3, -0.25) is 4.79 Å². The van der Waals surface area contributed by atoms with E-state index >= 15 is 0 Å². The summed E-state index contributed by atoms with van der Waals surface area (Å²) in [5, 5.41) is 0. The molecule has 1 aliphatic heterocycles. The molecule has 0 spiro atoms. The van der Waals surface area contributed by atoms with E-state index in [-0.39, 0.29) is 11.7 Å². The highest BCUT2D eigenvalue weighted by Crippen LogP contribution is 2.14. The first kappa shape index (κ1) is 18.4. The van der Waals surface area contributed by atoms with Gasteiger partial charge in [0.1, 0.15) is 5.75 Å². The molecule has 1 amide bonds. The van der Waals surface area contributed by atoms with E-state index in [4.69, 9.17) is 0 Å². The number of likely N-dealkylation sites (N-methyl/N-ethyl adjacent to an activating group) is 1. The van der Waals surface area contributed by atoms with Gasteiger partial charge in [-0.15, -0.1) is 0 Å². The molecule has 23 heavy (non-hydrogen) atoms. The smallest absolute Gasteiger partial charge is 0.237 e. The standard InChI is InChI=1S/C16H23BrN2O3S/c1-18(9-10-19-7-2-3-8-19)16(20)13-23(21,22)12-14-5-4-6-15(17)11-14/h4-6,11H,2-3,7-10,12-13H2,1H3. The Morgan fingerprint density at radius 1 is 1.30 bits per heavy atom. The molecule has 0 bridgehead atoms. The lowest BCUT2D eigenvalue weighted by molar-refractivity contribution is -0.127. The van der Waals surface area contributed by atoms with Crippen LogP contribution in [0.2, 0.25) is 0 Å². The van der Waals surface area contributed by atoms with Gasteiger partial charge in [0.25, 0.3) is 0 Å². The molecule has 7 heteroatoms. The molecule has 1 fully saturated rings. The highest BCUT2D eigenvalue weighted by atomic mass is 79.9. The average molecular weight is 403 g/mol. The van der Waals surface area contributed by atoms with Gasteiger partial charge in [0, 0.05) is 24.6 Å². The van der Waals surface area contributed by atoms with Crippen LogP contribution in [0.1, 0.15) is 18.4 Å². The van der Waals surface area contributed by atoms with Gasteiger partial charge in [0.2, 0.25) is 5.91 Å². The lowest BCUT2D eigenvalue weighted by Crippen LogP contribution is -2.38. The SMILES string of the molecule is CN(CCN1CCCC1)C(=O)CS(=O)(=O)Cc1cccc(Br)c1. The van der Waals surface area contributed by atoms with E-state index < -0.39 is 15.6 Å². The number of sulfone groups is 1. The summed E-state index contributed by atoms with van der Waals surface area (Å²) < 4.78 is 25.3. The first-order valence-electron chi connectivity index (χ1n) is 7.77. The van der Waals surface area contributed by atoms with E-state index in [1.54, 1.807) is 25.2 Å². The van der Waals surface area contributed by atoms with Gasteiger partial charge < -0.3 is 9.80 Å². The maximum Gasteiger partial charge on any atom is 0.237 e.